The Kier molecular flexibility index (Phi) is 3.87. The van der Waals surface area contributed by atoms with Crippen LogP contribution in [-0.2, 0) is 0 Å². The van der Waals surface area contributed by atoms with E-state index in [9.17, 15) is 13.6 Å². The van der Waals surface area contributed by atoms with Gasteiger partial charge in [0, 0.05) is 35.5 Å². The van der Waals surface area contributed by atoms with Crippen molar-refractivity contribution in [2.24, 2.45) is 0 Å². The quantitative estimate of drug-likeness (QED) is 0.518. The van der Waals surface area contributed by atoms with Gasteiger partial charge in [0.1, 0.15) is 11.9 Å². The Morgan fingerprint density at radius 2 is 2.14 bits per heavy atom. The third kappa shape index (κ3) is 3.12. The van der Waals surface area contributed by atoms with E-state index in [1.54, 1.807) is 37.3 Å². The number of furan rings is 1. The third-order valence-corrected chi connectivity index (χ3v) is 5.22. The number of nitrogens with zero attached hydrogens (tertiary/aromatic N) is 5. The predicted octanol–water partition coefficient (Wildman–Crippen LogP) is 3.44. The Hall–Kier alpha value is -3.36. The van der Waals surface area contributed by atoms with Crippen molar-refractivity contribution >= 4 is 22.7 Å². The van der Waals surface area contributed by atoms with Crippen molar-refractivity contribution in [1.82, 2.24) is 24.5 Å². The molecule has 4 aromatic rings. The van der Waals surface area contributed by atoms with Crippen LogP contribution in [-0.4, -0.2) is 49.4 Å². The summed E-state index contributed by atoms with van der Waals surface area (Å²) in [5.74, 6) is -3.68. The molecule has 1 saturated heterocycles. The zero-order valence-corrected chi connectivity index (χ0v) is 15.5. The van der Waals surface area contributed by atoms with Crippen LogP contribution < -0.4 is 0 Å². The summed E-state index contributed by atoms with van der Waals surface area (Å²) >= 11 is 0. The van der Waals surface area contributed by atoms with Crippen molar-refractivity contribution in [2.45, 2.75) is 25.2 Å². The number of piperidine rings is 1. The fraction of sp³-hybridized carbons (Fsp3) is 0.300. The second-order valence-corrected chi connectivity index (χ2v) is 7.41. The molecule has 29 heavy (non-hydrogen) atoms. The minimum Gasteiger partial charge on any atom is -0.464 e. The molecule has 4 heterocycles. The number of carbonyl (C=O) groups excluding carboxylic acids is 1. The Morgan fingerprint density at radius 1 is 1.28 bits per heavy atom. The van der Waals surface area contributed by atoms with E-state index >= 15 is 0 Å². The van der Waals surface area contributed by atoms with E-state index in [2.05, 4.69) is 15.1 Å². The molecule has 0 spiro atoms. The van der Waals surface area contributed by atoms with E-state index in [-0.39, 0.29) is 13.0 Å². The van der Waals surface area contributed by atoms with E-state index in [0.29, 0.717) is 28.3 Å². The number of aromatic nitrogens is 4. The maximum absolute atomic E-state index is 14.6. The number of alkyl halides is 2. The Bertz CT molecular complexity index is 1230. The molecule has 148 valence electrons. The minimum atomic E-state index is -3.01. The average Bonchev–Trinajstić information content (AvgIpc) is 3.33. The molecule has 9 heteroatoms. The zero-order valence-electron chi connectivity index (χ0n) is 15.5. The van der Waals surface area contributed by atoms with Crippen LogP contribution >= 0.6 is 0 Å². The molecule has 1 atom stereocenters. The molecule has 0 bridgehead atoms. The largest absolute Gasteiger partial charge is 0.464 e. The fourth-order valence-electron chi connectivity index (χ4n) is 3.98. The highest BCUT2D eigenvalue weighted by molar-refractivity contribution is 5.97. The molecule has 1 unspecified atom stereocenters. The summed E-state index contributed by atoms with van der Waals surface area (Å²) in [7, 11) is 0. The standard InChI is InChI=1S/C20H17F2N5O2/c1-12-6-16(27-19(25-12)23-11-24-27)15-8-20(21,22)10-26(9-15)18(28)14-2-3-17-13(7-14)4-5-29-17/h2-7,11,15H,8-10H2,1H3. The van der Waals surface area contributed by atoms with Gasteiger partial charge in [0.05, 0.1) is 18.5 Å². The summed E-state index contributed by atoms with van der Waals surface area (Å²) in [5.41, 5.74) is 2.24. The molecular formula is C20H17F2N5O2. The van der Waals surface area contributed by atoms with Crippen molar-refractivity contribution in [3.05, 3.63) is 59.9 Å². The van der Waals surface area contributed by atoms with Crippen molar-refractivity contribution in [3.8, 4) is 0 Å². The molecule has 0 saturated carbocycles. The Morgan fingerprint density at radius 3 is 3.00 bits per heavy atom. The summed E-state index contributed by atoms with van der Waals surface area (Å²) in [6.07, 6.45) is 2.50. The summed E-state index contributed by atoms with van der Waals surface area (Å²) in [6, 6.07) is 8.40. The third-order valence-electron chi connectivity index (χ3n) is 5.22. The van der Waals surface area contributed by atoms with E-state index in [4.69, 9.17) is 4.42 Å². The second kappa shape index (κ2) is 6.33. The van der Waals surface area contributed by atoms with Gasteiger partial charge in [0.2, 0.25) is 0 Å². The molecular weight excluding hydrogens is 380 g/mol. The highest BCUT2D eigenvalue weighted by Gasteiger charge is 2.43. The number of aryl methyl sites for hydroxylation is 1. The minimum absolute atomic E-state index is 0.163. The number of hydrogen-bond donors (Lipinski definition) is 0. The second-order valence-electron chi connectivity index (χ2n) is 7.41. The smallest absolute Gasteiger partial charge is 0.266 e. The molecule has 1 amide bonds. The topological polar surface area (TPSA) is 76.5 Å². The maximum atomic E-state index is 14.6. The van der Waals surface area contributed by atoms with Gasteiger partial charge in [-0.15, -0.1) is 0 Å². The number of benzene rings is 1. The van der Waals surface area contributed by atoms with Crippen LogP contribution in [0.3, 0.4) is 0 Å². The van der Waals surface area contributed by atoms with Crippen LogP contribution in [0.5, 0.6) is 0 Å². The number of rotatable bonds is 2. The van der Waals surface area contributed by atoms with Crippen LogP contribution in [0.2, 0.25) is 0 Å². The van der Waals surface area contributed by atoms with Gasteiger partial charge in [-0.25, -0.2) is 18.3 Å². The molecule has 0 aliphatic carbocycles. The maximum Gasteiger partial charge on any atom is 0.266 e. The van der Waals surface area contributed by atoms with Gasteiger partial charge in [-0.1, -0.05) is 0 Å². The lowest BCUT2D eigenvalue weighted by Crippen LogP contribution is -2.49. The number of amides is 1. The van der Waals surface area contributed by atoms with Gasteiger partial charge >= 0.3 is 0 Å². The summed E-state index contributed by atoms with van der Waals surface area (Å²) in [5, 5.41) is 4.88. The molecule has 1 aliphatic rings. The van der Waals surface area contributed by atoms with Crippen molar-refractivity contribution in [3.63, 3.8) is 0 Å². The van der Waals surface area contributed by atoms with E-state index in [1.165, 1.54) is 22.0 Å². The lowest BCUT2D eigenvalue weighted by Gasteiger charge is -2.37. The van der Waals surface area contributed by atoms with Gasteiger partial charge < -0.3 is 9.32 Å². The highest BCUT2D eigenvalue weighted by Crippen LogP contribution is 2.37. The molecule has 7 nitrogen and oxygen atoms in total. The van der Waals surface area contributed by atoms with Crippen LogP contribution in [0.4, 0.5) is 8.78 Å². The number of fused-ring (bicyclic) bond motifs is 2. The first kappa shape index (κ1) is 17.7. The van der Waals surface area contributed by atoms with Crippen LogP contribution in [0.25, 0.3) is 16.7 Å². The summed E-state index contributed by atoms with van der Waals surface area (Å²) in [4.78, 5) is 22.6. The SMILES string of the molecule is Cc1cc(C2CN(C(=O)c3ccc4occc4c3)CC(F)(F)C2)n2ncnc2n1. The lowest BCUT2D eigenvalue weighted by atomic mass is 9.91. The molecule has 0 radical (unpaired) electrons. The monoisotopic (exact) mass is 397 g/mol. The van der Waals surface area contributed by atoms with Crippen molar-refractivity contribution in [2.75, 3.05) is 13.1 Å². The Balaban J connectivity index is 1.51. The lowest BCUT2D eigenvalue weighted by molar-refractivity contribution is -0.0641. The molecule has 1 aromatic carbocycles. The fourth-order valence-corrected chi connectivity index (χ4v) is 3.98. The van der Waals surface area contributed by atoms with Crippen LogP contribution in [0.1, 0.15) is 34.1 Å². The normalized spacial score (nSPS) is 19.1. The van der Waals surface area contributed by atoms with Crippen LogP contribution in [0, 0.1) is 6.92 Å². The first-order chi connectivity index (χ1) is 13.9. The van der Waals surface area contributed by atoms with Crippen LogP contribution in [0.15, 0.2) is 47.3 Å². The first-order valence-electron chi connectivity index (χ1n) is 9.21. The molecule has 1 aliphatic heterocycles. The zero-order chi connectivity index (χ0) is 20.2. The van der Waals surface area contributed by atoms with Gasteiger partial charge in [0.25, 0.3) is 17.6 Å². The molecule has 3 aromatic heterocycles. The predicted molar refractivity (Wildman–Crippen MR) is 99.9 cm³/mol. The van der Waals surface area contributed by atoms with Crippen molar-refractivity contribution in [1.29, 1.82) is 0 Å². The molecule has 5 rings (SSSR count). The number of hydrogen-bond acceptors (Lipinski definition) is 5. The number of carbonyl (C=O) groups is 1. The highest BCUT2D eigenvalue weighted by atomic mass is 19.3. The van der Waals surface area contributed by atoms with Gasteiger partial charge in [-0.3, -0.25) is 4.79 Å². The first-order valence-corrected chi connectivity index (χ1v) is 9.21. The van der Waals surface area contributed by atoms with Gasteiger partial charge in [0.15, 0.2) is 0 Å². The number of likely N-dealkylation sites (tertiary alicyclic amines) is 1. The Labute approximate surface area is 164 Å². The van der Waals surface area contributed by atoms with Gasteiger partial charge in [-0.2, -0.15) is 10.1 Å². The van der Waals surface area contributed by atoms with Gasteiger partial charge in [-0.05, 0) is 37.3 Å². The van der Waals surface area contributed by atoms with Crippen molar-refractivity contribution < 1.29 is 18.0 Å². The average molecular weight is 397 g/mol. The van der Waals surface area contributed by atoms with E-state index in [1.807, 2.05) is 0 Å². The summed E-state index contributed by atoms with van der Waals surface area (Å²) < 4.78 is 36.0. The molecule has 0 N–H and O–H groups in total. The van der Waals surface area contributed by atoms with E-state index < -0.39 is 24.3 Å². The molecule has 1 fully saturated rings. The number of halogens is 2. The summed E-state index contributed by atoms with van der Waals surface area (Å²) in [6.45, 7) is 1.33. The van der Waals surface area contributed by atoms with E-state index in [0.717, 1.165) is 5.39 Å².